The molecule has 0 fully saturated rings. The van der Waals surface area contributed by atoms with Gasteiger partial charge in [0.15, 0.2) is 23.4 Å². The van der Waals surface area contributed by atoms with Crippen LogP contribution in [0, 0.1) is 6.92 Å². The summed E-state index contributed by atoms with van der Waals surface area (Å²) in [6.45, 7) is 3.99. The number of phenolic OH excluding ortho intramolecular Hbond substituents is 1. The van der Waals surface area contributed by atoms with Crippen molar-refractivity contribution in [2.75, 3.05) is 20.3 Å². The van der Waals surface area contributed by atoms with Gasteiger partial charge in [0.1, 0.15) is 12.2 Å². The lowest BCUT2D eigenvalue weighted by Crippen LogP contribution is -2.21. The topological polar surface area (TPSA) is 129 Å². The zero-order chi connectivity index (χ0) is 20.1. The molecule has 146 valence electrons. The normalized spacial score (nSPS) is 12.1. The Morgan fingerprint density at radius 3 is 2.67 bits per heavy atom. The molecule has 1 aromatic carbocycles. The molecule has 0 radical (unpaired) electrons. The van der Waals surface area contributed by atoms with Gasteiger partial charge in [-0.3, -0.25) is 9.59 Å². The molecule has 3 N–H and O–H groups in total. The molecule has 0 spiro atoms. The zero-order valence-electron chi connectivity index (χ0n) is 15.5. The van der Waals surface area contributed by atoms with Gasteiger partial charge in [-0.2, -0.15) is 0 Å². The number of hydrogen-bond donors (Lipinski definition) is 2. The number of carbonyl (C=O) groups excluding carboxylic acids is 2. The predicted octanol–water partition coefficient (Wildman–Crippen LogP) is 2.01. The molecule has 0 aliphatic heterocycles. The molecular formula is C19H23NO7. The van der Waals surface area contributed by atoms with Crippen LogP contribution in [-0.4, -0.2) is 37.6 Å². The van der Waals surface area contributed by atoms with E-state index in [1.54, 1.807) is 6.92 Å². The number of rotatable bonds is 9. The van der Waals surface area contributed by atoms with Crippen molar-refractivity contribution in [2.24, 2.45) is 5.73 Å². The number of aryl methyl sites for hydroxylation is 1. The highest BCUT2D eigenvalue weighted by atomic mass is 16.5. The molecular weight excluding hydrogens is 354 g/mol. The van der Waals surface area contributed by atoms with Crippen LogP contribution < -0.4 is 16.1 Å². The Hall–Kier alpha value is -2.87. The van der Waals surface area contributed by atoms with Gasteiger partial charge in [-0.1, -0.05) is 6.92 Å². The number of aldehydes is 1. The van der Waals surface area contributed by atoms with Gasteiger partial charge in [-0.25, -0.2) is 4.79 Å². The fourth-order valence-electron chi connectivity index (χ4n) is 3.11. The molecule has 2 rings (SSSR count). The number of hydrogen-bond acceptors (Lipinski definition) is 7. The largest absolute Gasteiger partial charge is 0.504 e. The van der Waals surface area contributed by atoms with E-state index >= 15 is 0 Å². The highest BCUT2D eigenvalue weighted by Gasteiger charge is 2.24. The highest BCUT2D eigenvalue weighted by molar-refractivity contribution is 6.00. The Morgan fingerprint density at radius 2 is 2.11 bits per heavy atom. The number of ether oxygens (including phenoxy) is 2. The molecule has 8 nitrogen and oxygen atoms in total. The summed E-state index contributed by atoms with van der Waals surface area (Å²) in [5.41, 5.74) is 5.31. The molecule has 1 aromatic heterocycles. The number of fused-ring (bicyclic) bond motifs is 1. The van der Waals surface area contributed by atoms with Crippen molar-refractivity contribution in [2.45, 2.75) is 32.6 Å². The molecule has 2 aromatic rings. The molecule has 1 heterocycles. The zero-order valence-corrected chi connectivity index (χ0v) is 15.5. The summed E-state index contributed by atoms with van der Waals surface area (Å²) in [4.78, 5) is 35.4. The number of methoxy groups -OCH3 is 1. The van der Waals surface area contributed by atoms with Gasteiger partial charge in [-0.05, 0) is 30.9 Å². The van der Waals surface area contributed by atoms with Crippen LogP contribution in [0.1, 0.15) is 47.2 Å². The van der Waals surface area contributed by atoms with Gasteiger partial charge >= 0.3 is 5.63 Å². The average molecular weight is 377 g/mol. The van der Waals surface area contributed by atoms with Crippen LogP contribution in [-0.2, 0) is 9.53 Å². The fraction of sp³-hybridized carbons (Fsp3) is 0.421. The van der Waals surface area contributed by atoms with Crippen molar-refractivity contribution in [1.82, 2.24) is 0 Å². The summed E-state index contributed by atoms with van der Waals surface area (Å²) in [5.74, 6) is -1.27. The second-order valence-corrected chi connectivity index (χ2v) is 6.18. The van der Waals surface area contributed by atoms with Crippen LogP contribution in [0.25, 0.3) is 11.0 Å². The SMILES string of the molecule is CCC(CC(N)=O)c1c(C)c2cc(OCCOC)c(O)c(C=O)c2oc1=O. The van der Waals surface area contributed by atoms with Gasteiger partial charge < -0.3 is 24.7 Å². The number of amides is 1. The van der Waals surface area contributed by atoms with Crippen molar-refractivity contribution in [1.29, 1.82) is 0 Å². The number of primary amides is 1. The Labute approximate surface area is 155 Å². The van der Waals surface area contributed by atoms with Crippen LogP contribution in [0.2, 0.25) is 0 Å². The maximum Gasteiger partial charge on any atom is 0.340 e. The van der Waals surface area contributed by atoms with E-state index in [9.17, 15) is 19.5 Å². The number of nitrogens with two attached hydrogens (primary N) is 1. The van der Waals surface area contributed by atoms with Gasteiger partial charge in [0.25, 0.3) is 0 Å². The molecule has 1 amide bonds. The first-order valence-corrected chi connectivity index (χ1v) is 8.54. The molecule has 0 aliphatic carbocycles. The molecule has 1 atom stereocenters. The first kappa shape index (κ1) is 20.4. The van der Waals surface area contributed by atoms with E-state index in [0.717, 1.165) is 0 Å². The fourth-order valence-corrected chi connectivity index (χ4v) is 3.11. The quantitative estimate of drug-likeness (QED) is 0.388. The first-order valence-electron chi connectivity index (χ1n) is 8.54. The summed E-state index contributed by atoms with van der Waals surface area (Å²) < 4.78 is 15.7. The lowest BCUT2D eigenvalue weighted by atomic mass is 9.89. The summed E-state index contributed by atoms with van der Waals surface area (Å²) in [7, 11) is 1.51. The number of phenols is 1. The minimum atomic E-state index is -0.663. The maximum atomic E-state index is 12.5. The number of aromatic hydroxyl groups is 1. The van der Waals surface area contributed by atoms with Crippen LogP contribution in [0.3, 0.4) is 0 Å². The van der Waals surface area contributed by atoms with Gasteiger partial charge in [-0.15, -0.1) is 0 Å². The van der Waals surface area contributed by atoms with Gasteiger partial charge in [0.2, 0.25) is 5.91 Å². The first-order chi connectivity index (χ1) is 12.8. The van der Waals surface area contributed by atoms with Crippen LogP contribution in [0.15, 0.2) is 15.3 Å². The second kappa shape index (κ2) is 8.68. The van der Waals surface area contributed by atoms with Crippen LogP contribution in [0.5, 0.6) is 11.5 Å². The minimum Gasteiger partial charge on any atom is -0.504 e. The Morgan fingerprint density at radius 1 is 1.41 bits per heavy atom. The second-order valence-electron chi connectivity index (χ2n) is 6.18. The molecule has 0 saturated carbocycles. The molecule has 0 aliphatic rings. The molecule has 8 heteroatoms. The van der Waals surface area contributed by atoms with E-state index in [4.69, 9.17) is 19.6 Å². The van der Waals surface area contributed by atoms with Gasteiger partial charge in [0, 0.05) is 24.5 Å². The smallest absolute Gasteiger partial charge is 0.340 e. The Kier molecular flexibility index (Phi) is 6.57. The van der Waals surface area contributed by atoms with Gasteiger partial charge in [0.05, 0.1) is 6.61 Å². The lowest BCUT2D eigenvalue weighted by Gasteiger charge is -2.17. The van der Waals surface area contributed by atoms with Crippen LogP contribution >= 0.6 is 0 Å². The van der Waals surface area contributed by atoms with Crippen molar-refractivity contribution in [3.8, 4) is 11.5 Å². The van der Waals surface area contributed by atoms with Crippen LogP contribution in [0.4, 0.5) is 0 Å². The lowest BCUT2D eigenvalue weighted by molar-refractivity contribution is -0.118. The standard InChI is InChI=1S/C19H23NO7/c1-4-11(7-15(20)22)16-10(2)12-8-14(26-6-5-25-3)17(23)13(9-21)18(12)27-19(16)24/h8-9,11,23H,4-7H2,1-3H3,(H2,20,22). The third kappa shape index (κ3) is 4.11. The van der Waals surface area contributed by atoms with E-state index < -0.39 is 23.2 Å². The number of carbonyl (C=O) groups is 2. The van der Waals surface area contributed by atoms with E-state index in [2.05, 4.69) is 0 Å². The monoisotopic (exact) mass is 377 g/mol. The summed E-state index contributed by atoms with van der Waals surface area (Å²) >= 11 is 0. The van der Waals surface area contributed by atoms with Crippen molar-refractivity contribution in [3.63, 3.8) is 0 Å². The summed E-state index contributed by atoms with van der Waals surface area (Å²) in [6, 6.07) is 1.51. The number of benzene rings is 1. The van der Waals surface area contributed by atoms with E-state index in [1.807, 2.05) is 6.92 Å². The third-order valence-corrected chi connectivity index (χ3v) is 4.49. The minimum absolute atomic E-state index is 0.00340. The van der Waals surface area contributed by atoms with E-state index in [0.29, 0.717) is 35.8 Å². The van der Waals surface area contributed by atoms with Crippen molar-refractivity contribution >= 4 is 23.2 Å². The van der Waals surface area contributed by atoms with Crippen molar-refractivity contribution in [3.05, 3.63) is 33.2 Å². The average Bonchev–Trinajstić information content (AvgIpc) is 2.62. The molecule has 1 unspecified atom stereocenters. The summed E-state index contributed by atoms with van der Waals surface area (Å²) in [5, 5.41) is 10.7. The summed E-state index contributed by atoms with van der Waals surface area (Å²) in [6.07, 6.45) is 0.920. The van der Waals surface area contributed by atoms with E-state index in [1.165, 1.54) is 13.2 Å². The predicted molar refractivity (Wildman–Crippen MR) is 98.5 cm³/mol. The maximum absolute atomic E-state index is 12.5. The Balaban J connectivity index is 2.73. The molecule has 0 bridgehead atoms. The molecule has 27 heavy (non-hydrogen) atoms. The van der Waals surface area contributed by atoms with Crippen molar-refractivity contribution < 1.29 is 28.6 Å². The Bertz CT molecular complexity index is 917. The van der Waals surface area contributed by atoms with E-state index in [-0.39, 0.29) is 29.9 Å². The third-order valence-electron chi connectivity index (χ3n) is 4.49. The molecule has 0 saturated heterocycles. The highest BCUT2D eigenvalue weighted by Crippen LogP contribution is 2.38.